The van der Waals surface area contributed by atoms with Crippen molar-refractivity contribution in [3.63, 3.8) is 0 Å². The Hall–Kier alpha value is -2.57. The molecule has 0 unspecified atom stereocenters. The summed E-state index contributed by atoms with van der Waals surface area (Å²) in [5, 5.41) is 5.99. The molecule has 0 saturated carbocycles. The van der Waals surface area contributed by atoms with Crippen LogP contribution in [0.4, 0.5) is 11.4 Å². The van der Waals surface area contributed by atoms with Crippen molar-refractivity contribution in [3.8, 4) is 0 Å². The zero-order valence-electron chi connectivity index (χ0n) is 15.5. The topological polar surface area (TPSA) is 84.5 Å². The fraction of sp³-hybridized carbons (Fsp3) is 0.250. The lowest BCUT2D eigenvalue weighted by atomic mass is 10.1. The number of benzene rings is 2. The van der Waals surface area contributed by atoms with E-state index in [2.05, 4.69) is 10.6 Å². The number of anilines is 2. The van der Waals surface area contributed by atoms with Gasteiger partial charge in [-0.3, -0.25) is 14.4 Å². The van der Waals surface area contributed by atoms with Crippen LogP contribution in [0.3, 0.4) is 0 Å². The molecule has 0 aromatic heterocycles. The molecule has 0 aliphatic carbocycles. The van der Waals surface area contributed by atoms with Crippen LogP contribution in [0.25, 0.3) is 0 Å². The Morgan fingerprint density at radius 1 is 0.893 bits per heavy atom. The van der Waals surface area contributed by atoms with Crippen LogP contribution in [0.15, 0.2) is 36.4 Å². The van der Waals surface area contributed by atoms with Crippen LogP contribution < -0.4 is 10.6 Å². The van der Waals surface area contributed by atoms with E-state index in [0.29, 0.717) is 21.4 Å². The van der Waals surface area contributed by atoms with Gasteiger partial charge in [-0.15, -0.1) is 0 Å². The lowest BCUT2D eigenvalue weighted by molar-refractivity contribution is -0.147. The maximum Gasteiger partial charge on any atom is 0.306 e. The van der Waals surface area contributed by atoms with E-state index in [4.69, 9.17) is 27.9 Å². The molecule has 2 N–H and O–H groups in total. The number of hydrogen-bond donors (Lipinski definition) is 2. The molecule has 28 heavy (non-hydrogen) atoms. The molecule has 0 bridgehead atoms. The van der Waals surface area contributed by atoms with E-state index in [1.54, 1.807) is 12.1 Å². The number of nitrogens with one attached hydrogen (secondary N) is 2. The van der Waals surface area contributed by atoms with Crippen LogP contribution in [0.5, 0.6) is 0 Å². The van der Waals surface area contributed by atoms with Crippen LogP contribution in [0, 0.1) is 13.8 Å². The van der Waals surface area contributed by atoms with E-state index in [0.717, 1.165) is 11.1 Å². The van der Waals surface area contributed by atoms with Crippen LogP contribution in [-0.2, 0) is 19.1 Å². The van der Waals surface area contributed by atoms with Gasteiger partial charge in [0.25, 0.3) is 5.91 Å². The van der Waals surface area contributed by atoms with Crippen molar-refractivity contribution in [2.24, 2.45) is 0 Å². The van der Waals surface area contributed by atoms with Gasteiger partial charge in [0, 0.05) is 17.1 Å². The Morgan fingerprint density at radius 2 is 1.61 bits per heavy atom. The first kappa shape index (κ1) is 21.7. The molecule has 2 aromatic rings. The molecular weight excluding hydrogens is 403 g/mol. The second kappa shape index (κ2) is 10.1. The molecule has 0 radical (unpaired) electrons. The number of halogens is 2. The highest BCUT2D eigenvalue weighted by atomic mass is 35.5. The Balaban J connectivity index is 1.74. The van der Waals surface area contributed by atoms with Crippen molar-refractivity contribution in [3.05, 3.63) is 57.6 Å². The monoisotopic (exact) mass is 422 g/mol. The van der Waals surface area contributed by atoms with Gasteiger partial charge >= 0.3 is 5.97 Å². The largest absolute Gasteiger partial charge is 0.456 e. The average molecular weight is 423 g/mol. The van der Waals surface area contributed by atoms with Gasteiger partial charge in [0.2, 0.25) is 5.91 Å². The number of amides is 2. The number of aryl methyl sites for hydroxylation is 2. The Bertz CT molecular complexity index is 828. The Labute approximate surface area is 173 Å². The third-order valence-corrected chi connectivity index (χ3v) is 4.35. The van der Waals surface area contributed by atoms with Gasteiger partial charge in [-0.2, -0.15) is 0 Å². The van der Waals surface area contributed by atoms with Crippen molar-refractivity contribution in [1.29, 1.82) is 0 Å². The fourth-order valence-electron chi connectivity index (χ4n) is 2.30. The number of carbonyl (C=O) groups is 3. The maximum absolute atomic E-state index is 12.0. The van der Waals surface area contributed by atoms with Crippen molar-refractivity contribution in [2.45, 2.75) is 26.7 Å². The number of rotatable bonds is 7. The minimum atomic E-state index is -0.650. The van der Waals surface area contributed by atoms with Gasteiger partial charge in [-0.1, -0.05) is 35.3 Å². The molecule has 0 saturated heterocycles. The second-order valence-electron chi connectivity index (χ2n) is 6.20. The van der Waals surface area contributed by atoms with Gasteiger partial charge in [0.05, 0.1) is 17.1 Å². The highest BCUT2D eigenvalue weighted by Crippen LogP contribution is 2.25. The Morgan fingerprint density at radius 3 is 2.36 bits per heavy atom. The molecule has 0 spiro atoms. The second-order valence-corrected chi connectivity index (χ2v) is 7.04. The van der Waals surface area contributed by atoms with E-state index >= 15 is 0 Å². The Kier molecular flexibility index (Phi) is 7.84. The summed E-state index contributed by atoms with van der Waals surface area (Å²) in [6.45, 7) is 3.32. The molecule has 148 valence electrons. The number of hydrogen-bond acceptors (Lipinski definition) is 4. The summed E-state index contributed by atoms with van der Waals surface area (Å²) in [6, 6.07) is 10.3. The molecule has 0 aliphatic heterocycles. The number of esters is 1. The molecule has 6 nitrogen and oxygen atoms in total. The molecule has 0 heterocycles. The maximum atomic E-state index is 12.0. The molecule has 0 fully saturated rings. The first-order chi connectivity index (χ1) is 13.2. The highest BCUT2D eigenvalue weighted by Gasteiger charge is 2.12. The normalized spacial score (nSPS) is 10.3. The van der Waals surface area contributed by atoms with E-state index in [1.807, 2.05) is 32.0 Å². The van der Waals surface area contributed by atoms with Crippen LogP contribution >= 0.6 is 23.2 Å². The van der Waals surface area contributed by atoms with Crippen molar-refractivity contribution < 1.29 is 19.1 Å². The minimum Gasteiger partial charge on any atom is -0.456 e. The predicted octanol–water partition coefficient (Wildman–Crippen LogP) is 4.51. The first-order valence-corrected chi connectivity index (χ1v) is 9.28. The molecule has 8 heteroatoms. The average Bonchev–Trinajstić information content (AvgIpc) is 2.64. The van der Waals surface area contributed by atoms with Crippen molar-refractivity contribution >= 4 is 52.4 Å². The number of carbonyl (C=O) groups excluding carboxylic acids is 3. The summed E-state index contributed by atoms with van der Waals surface area (Å²) < 4.78 is 4.88. The lowest BCUT2D eigenvalue weighted by Crippen LogP contribution is -2.22. The van der Waals surface area contributed by atoms with E-state index in [9.17, 15) is 14.4 Å². The molecule has 0 atom stereocenters. The zero-order chi connectivity index (χ0) is 20.7. The molecular formula is C20H20Cl2N2O4. The quantitative estimate of drug-likeness (QED) is 0.642. The first-order valence-electron chi connectivity index (χ1n) is 8.52. The van der Waals surface area contributed by atoms with Crippen LogP contribution in [-0.4, -0.2) is 24.4 Å². The third kappa shape index (κ3) is 6.87. The molecule has 2 amide bonds. The summed E-state index contributed by atoms with van der Waals surface area (Å²) in [5.41, 5.74) is 2.98. The lowest BCUT2D eigenvalue weighted by Gasteiger charge is -2.10. The highest BCUT2D eigenvalue weighted by molar-refractivity contribution is 6.35. The van der Waals surface area contributed by atoms with Crippen LogP contribution in [0.1, 0.15) is 24.0 Å². The number of ether oxygens (including phenoxy) is 1. The van der Waals surface area contributed by atoms with Gasteiger partial charge in [0.1, 0.15) is 0 Å². The van der Waals surface area contributed by atoms with E-state index in [1.165, 1.54) is 6.07 Å². The molecule has 2 rings (SSSR count). The van der Waals surface area contributed by atoms with Gasteiger partial charge in [0.15, 0.2) is 6.61 Å². The van der Waals surface area contributed by atoms with Gasteiger partial charge in [-0.05, 0) is 49.2 Å². The summed E-state index contributed by atoms with van der Waals surface area (Å²) >= 11 is 11.8. The summed E-state index contributed by atoms with van der Waals surface area (Å²) in [7, 11) is 0. The summed E-state index contributed by atoms with van der Waals surface area (Å²) in [6.07, 6.45) is -0.185. The van der Waals surface area contributed by atoms with Crippen LogP contribution in [0.2, 0.25) is 10.0 Å². The SMILES string of the molecule is Cc1ccc(C)c(NC(=O)CCC(=O)OCC(=O)Nc2cc(Cl)ccc2Cl)c1. The fourth-order valence-corrected chi connectivity index (χ4v) is 2.63. The zero-order valence-corrected chi connectivity index (χ0v) is 17.0. The van der Waals surface area contributed by atoms with Crippen molar-refractivity contribution in [1.82, 2.24) is 0 Å². The summed E-state index contributed by atoms with van der Waals surface area (Å²) in [5.74, 6) is -1.51. The van der Waals surface area contributed by atoms with E-state index in [-0.39, 0.29) is 18.7 Å². The molecule has 0 aliphatic rings. The van der Waals surface area contributed by atoms with Gasteiger partial charge in [-0.25, -0.2) is 0 Å². The molecule has 2 aromatic carbocycles. The van der Waals surface area contributed by atoms with Crippen molar-refractivity contribution in [2.75, 3.05) is 17.2 Å². The smallest absolute Gasteiger partial charge is 0.306 e. The summed E-state index contributed by atoms with van der Waals surface area (Å²) in [4.78, 5) is 35.6. The van der Waals surface area contributed by atoms with E-state index < -0.39 is 18.5 Å². The third-order valence-electron chi connectivity index (χ3n) is 3.79. The van der Waals surface area contributed by atoms with Gasteiger partial charge < -0.3 is 15.4 Å². The predicted molar refractivity (Wildman–Crippen MR) is 110 cm³/mol. The minimum absolute atomic E-state index is 0.0477. The standard InChI is InChI=1S/C20H20Cl2N2O4/c1-12-3-4-13(2)16(9-12)23-18(25)7-8-20(27)28-11-19(26)24-17-10-14(21)5-6-15(17)22/h3-6,9-10H,7-8,11H2,1-2H3,(H,23,25)(H,24,26).